The molecule has 5 atom stereocenters. The van der Waals surface area contributed by atoms with Crippen LogP contribution in [0.25, 0.3) is 0 Å². The molecule has 4 aromatic carbocycles. The fourth-order valence-electron chi connectivity index (χ4n) is 6.60. The standard InChI is InChI=1S/C37H36ClN6O4P/c1-49(38,46)47-23-31-30(43-37(27-16-8-3-9-17-27,28-18-10-4-11-19-28)29-20-12-5-13-21-29)22-32(48-31)44-25-41-33-34(39-24-40-35(33)44)42-36(45)26-14-6-2-7-15-26/h2-21,24-25,30-32,34,43H,22-23H2,1H3,(H,39,40)(H,42,45). The number of imidazole rings is 1. The molecule has 49 heavy (non-hydrogen) atoms. The van der Waals surface area contributed by atoms with Gasteiger partial charge in [-0.15, -0.1) is 0 Å². The van der Waals surface area contributed by atoms with Gasteiger partial charge in [-0.3, -0.25) is 19.2 Å². The monoisotopic (exact) mass is 694 g/mol. The molecule has 1 saturated heterocycles. The Morgan fingerprint density at radius 1 is 0.939 bits per heavy atom. The summed E-state index contributed by atoms with van der Waals surface area (Å²) < 4.78 is 26.9. The number of aliphatic imine (C=N–C) groups is 1. The normalized spacial score (nSPS) is 21.3. The molecule has 0 radical (unpaired) electrons. The van der Waals surface area contributed by atoms with E-state index in [-0.39, 0.29) is 18.6 Å². The Morgan fingerprint density at radius 3 is 2.04 bits per heavy atom. The highest BCUT2D eigenvalue weighted by Crippen LogP contribution is 2.49. The summed E-state index contributed by atoms with van der Waals surface area (Å²) in [6, 6.07) is 39.6. The van der Waals surface area contributed by atoms with Crippen molar-refractivity contribution in [1.29, 1.82) is 0 Å². The van der Waals surface area contributed by atoms with Gasteiger partial charge in [0.05, 0.1) is 30.9 Å². The van der Waals surface area contributed by atoms with Crippen LogP contribution in [0.2, 0.25) is 0 Å². The lowest BCUT2D eigenvalue weighted by molar-refractivity contribution is -0.0211. The first-order chi connectivity index (χ1) is 23.8. The van der Waals surface area contributed by atoms with Crippen molar-refractivity contribution in [2.45, 2.75) is 36.5 Å². The highest BCUT2D eigenvalue weighted by molar-refractivity contribution is 7.84. The lowest BCUT2D eigenvalue weighted by Gasteiger charge is -2.40. The molecule has 12 heteroatoms. The van der Waals surface area contributed by atoms with Crippen LogP contribution in [0.4, 0.5) is 5.82 Å². The van der Waals surface area contributed by atoms with E-state index in [1.807, 2.05) is 77.4 Å². The van der Waals surface area contributed by atoms with E-state index in [4.69, 9.17) is 20.5 Å². The predicted octanol–water partition coefficient (Wildman–Crippen LogP) is 7.08. The van der Waals surface area contributed by atoms with Crippen LogP contribution >= 0.6 is 18.0 Å². The third-order valence-corrected chi connectivity index (χ3v) is 9.75. The van der Waals surface area contributed by atoms with Gasteiger partial charge in [-0.2, -0.15) is 0 Å². The van der Waals surface area contributed by atoms with Gasteiger partial charge in [0.25, 0.3) is 12.6 Å². The Labute approximate surface area is 289 Å². The largest absolute Gasteiger partial charge is 0.351 e. The van der Waals surface area contributed by atoms with E-state index in [2.05, 4.69) is 62.3 Å². The number of anilines is 1. The number of aromatic nitrogens is 2. The molecule has 3 N–H and O–H groups in total. The van der Waals surface area contributed by atoms with Gasteiger partial charge in [-0.25, -0.2) is 9.98 Å². The zero-order chi connectivity index (χ0) is 33.8. The van der Waals surface area contributed by atoms with Crippen molar-refractivity contribution < 1.29 is 18.6 Å². The summed E-state index contributed by atoms with van der Waals surface area (Å²) in [5, 5.41) is 10.2. The minimum atomic E-state index is -3.34. The molecule has 3 heterocycles. The second-order valence-corrected chi connectivity index (χ2v) is 15.7. The first kappa shape index (κ1) is 33.0. The van der Waals surface area contributed by atoms with Crippen molar-refractivity contribution in [2.24, 2.45) is 4.99 Å². The Hall–Kier alpha value is -4.57. The van der Waals surface area contributed by atoms with E-state index in [9.17, 15) is 9.36 Å². The summed E-state index contributed by atoms with van der Waals surface area (Å²) in [7, 11) is 0. The SMILES string of the molecule is CP(=O)(Cl)OCC1OC(n2cnc3c2NC=NC3NC(=O)c2ccccc2)CC1NC(c1ccccc1)(c1ccccc1)c1ccccc1. The van der Waals surface area contributed by atoms with Gasteiger partial charge in [0.2, 0.25) is 0 Å². The van der Waals surface area contributed by atoms with Gasteiger partial charge < -0.3 is 19.9 Å². The molecule has 7 rings (SSSR count). The van der Waals surface area contributed by atoms with Crippen molar-refractivity contribution in [2.75, 3.05) is 18.6 Å². The molecule has 1 amide bonds. The molecule has 2 aliphatic heterocycles. The summed E-state index contributed by atoms with van der Waals surface area (Å²) >= 11 is 6.10. The molecule has 0 spiro atoms. The number of rotatable bonds is 11. The number of hydrogen-bond acceptors (Lipinski definition) is 8. The molecule has 1 aromatic heterocycles. The van der Waals surface area contributed by atoms with Crippen LogP contribution < -0.4 is 16.0 Å². The minimum absolute atomic E-state index is 0.00141. The molecule has 5 unspecified atom stereocenters. The maximum atomic E-state index is 13.0. The topological polar surface area (TPSA) is 119 Å². The second-order valence-electron chi connectivity index (χ2n) is 12.1. The molecule has 0 aliphatic carbocycles. The van der Waals surface area contributed by atoms with Gasteiger partial charge >= 0.3 is 0 Å². The lowest BCUT2D eigenvalue weighted by atomic mass is 9.76. The van der Waals surface area contributed by atoms with Crippen LogP contribution in [0.5, 0.6) is 0 Å². The van der Waals surface area contributed by atoms with E-state index < -0.39 is 30.8 Å². The maximum absolute atomic E-state index is 13.0. The highest BCUT2D eigenvalue weighted by atomic mass is 35.7. The number of carbonyl (C=O) groups excluding carboxylic acids is 1. The Balaban J connectivity index is 1.24. The van der Waals surface area contributed by atoms with Gasteiger partial charge in [-0.1, -0.05) is 109 Å². The zero-order valence-electron chi connectivity index (χ0n) is 26.7. The van der Waals surface area contributed by atoms with E-state index in [0.29, 0.717) is 23.5 Å². The molecule has 10 nitrogen and oxygen atoms in total. The quantitative estimate of drug-likeness (QED) is 0.0999. The van der Waals surface area contributed by atoms with Crippen LogP contribution in [-0.4, -0.2) is 47.2 Å². The zero-order valence-corrected chi connectivity index (χ0v) is 28.4. The lowest BCUT2D eigenvalue weighted by Crippen LogP contribution is -2.53. The second kappa shape index (κ2) is 14.1. The third-order valence-electron chi connectivity index (χ3n) is 8.85. The van der Waals surface area contributed by atoms with Crippen LogP contribution in [0.1, 0.15) is 51.6 Å². The first-order valence-electron chi connectivity index (χ1n) is 16.0. The van der Waals surface area contributed by atoms with Crippen LogP contribution in [0, 0.1) is 0 Å². The van der Waals surface area contributed by atoms with Crippen molar-refractivity contribution in [3.05, 3.63) is 156 Å². The number of nitrogens with zero attached hydrogens (tertiary/aromatic N) is 3. The van der Waals surface area contributed by atoms with Crippen molar-refractivity contribution >= 4 is 36.0 Å². The van der Waals surface area contributed by atoms with Crippen molar-refractivity contribution in [3.63, 3.8) is 0 Å². The molecule has 5 aromatic rings. The average molecular weight is 695 g/mol. The van der Waals surface area contributed by atoms with Gasteiger partial charge in [0.15, 0.2) is 6.17 Å². The van der Waals surface area contributed by atoms with Crippen LogP contribution in [0.15, 0.2) is 133 Å². The summed E-state index contributed by atoms with van der Waals surface area (Å²) in [6.45, 7) is -1.96. The van der Waals surface area contributed by atoms with E-state index in [0.717, 1.165) is 16.7 Å². The average Bonchev–Trinajstić information content (AvgIpc) is 3.75. The summed E-state index contributed by atoms with van der Waals surface area (Å²) in [5.41, 5.74) is 3.44. The summed E-state index contributed by atoms with van der Waals surface area (Å²) in [4.78, 5) is 22.1. The fourth-order valence-corrected chi connectivity index (χ4v) is 7.18. The maximum Gasteiger partial charge on any atom is 0.287 e. The van der Waals surface area contributed by atoms with Crippen LogP contribution in [0.3, 0.4) is 0 Å². The number of benzene rings is 4. The van der Waals surface area contributed by atoms with Crippen molar-refractivity contribution in [3.8, 4) is 0 Å². The number of nitrogens with one attached hydrogen (secondary N) is 3. The van der Waals surface area contributed by atoms with Gasteiger partial charge in [-0.05, 0) is 40.1 Å². The smallest absolute Gasteiger partial charge is 0.287 e. The Kier molecular flexibility index (Phi) is 9.49. The number of halogens is 1. The Morgan fingerprint density at radius 2 is 1.49 bits per heavy atom. The number of fused-ring (bicyclic) bond motifs is 1. The van der Waals surface area contributed by atoms with E-state index >= 15 is 0 Å². The van der Waals surface area contributed by atoms with Crippen LogP contribution in [-0.2, 0) is 19.4 Å². The fraction of sp³-hybridized carbons (Fsp3) is 0.216. The third kappa shape index (κ3) is 6.97. The molecule has 2 aliphatic rings. The molecular formula is C37H36ClN6O4P. The number of amides is 1. The highest BCUT2D eigenvalue weighted by Gasteiger charge is 2.45. The molecular weight excluding hydrogens is 659 g/mol. The molecule has 0 bridgehead atoms. The van der Waals surface area contributed by atoms with Crippen molar-refractivity contribution in [1.82, 2.24) is 20.2 Å². The van der Waals surface area contributed by atoms with Gasteiger partial charge in [0, 0.05) is 24.7 Å². The van der Waals surface area contributed by atoms with Gasteiger partial charge in [0.1, 0.15) is 17.7 Å². The molecule has 1 fully saturated rings. The Bertz CT molecular complexity index is 1860. The molecule has 250 valence electrons. The first-order valence-corrected chi connectivity index (χ1v) is 19.0. The van der Waals surface area contributed by atoms with E-state index in [1.54, 1.807) is 24.8 Å². The summed E-state index contributed by atoms with van der Waals surface area (Å²) in [5.74, 6) is 0.394. The summed E-state index contributed by atoms with van der Waals surface area (Å²) in [6.07, 6.45) is 2.00. The molecule has 0 saturated carbocycles. The number of carbonyl (C=O) groups is 1. The minimum Gasteiger partial charge on any atom is -0.351 e. The number of hydrogen-bond donors (Lipinski definition) is 3. The predicted molar refractivity (Wildman–Crippen MR) is 191 cm³/mol. The van der Waals surface area contributed by atoms with E-state index in [1.165, 1.54) is 6.66 Å². The number of ether oxygens (including phenoxy) is 1.